The van der Waals surface area contributed by atoms with Crippen LogP contribution in [0, 0.1) is 5.82 Å². The number of hydrogen-bond acceptors (Lipinski definition) is 4. The van der Waals surface area contributed by atoms with Gasteiger partial charge in [0.25, 0.3) is 0 Å². The smallest absolute Gasteiger partial charge is 0.240 e. The second-order valence-corrected chi connectivity index (χ2v) is 7.44. The molecule has 0 radical (unpaired) electrons. The molecular weight excluding hydrogens is 315 g/mol. The second kappa shape index (κ2) is 5.96. The molecule has 0 aliphatic carbocycles. The Labute approximate surface area is 128 Å². The number of ether oxygens (including phenoxy) is 1. The Kier molecular flexibility index (Phi) is 4.62. The Morgan fingerprint density at radius 3 is 2.86 bits per heavy atom. The summed E-state index contributed by atoms with van der Waals surface area (Å²) >= 11 is 4.70. The minimum absolute atomic E-state index is 0.0757. The predicted octanol–water partition coefficient (Wildman–Crippen LogP) is 1.31. The molecule has 0 spiro atoms. The van der Waals surface area contributed by atoms with Crippen LogP contribution in [-0.4, -0.2) is 32.2 Å². The molecule has 116 valence electrons. The van der Waals surface area contributed by atoms with E-state index in [2.05, 4.69) is 4.72 Å². The van der Waals surface area contributed by atoms with Crippen LogP contribution in [0.3, 0.4) is 0 Å². The summed E-state index contributed by atoms with van der Waals surface area (Å²) in [6.07, 6.45) is 1.69. The molecule has 0 bridgehead atoms. The highest BCUT2D eigenvalue weighted by Crippen LogP contribution is 2.25. The van der Waals surface area contributed by atoms with E-state index in [4.69, 9.17) is 22.7 Å². The van der Waals surface area contributed by atoms with Crippen LogP contribution in [0.2, 0.25) is 0 Å². The van der Waals surface area contributed by atoms with Gasteiger partial charge in [-0.2, -0.15) is 0 Å². The van der Waals surface area contributed by atoms with Crippen molar-refractivity contribution in [3.63, 3.8) is 0 Å². The van der Waals surface area contributed by atoms with E-state index >= 15 is 0 Å². The van der Waals surface area contributed by atoms with Crippen LogP contribution < -0.4 is 10.5 Å². The normalized spacial score (nSPS) is 22.4. The van der Waals surface area contributed by atoms with Crippen LogP contribution in [-0.2, 0) is 14.8 Å². The molecule has 1 saturated heterocycles. The van der Waals surface area contributed by atoms with Gasteiger partial charge in [0.2, 0.25) is 10.0 Å². The van der Waals surface area contributed by atoms with Crippen molar-refractivity contribution >= 4 is 27.2 Å². The Hall–Kier alpha value is -1.09. The van der Waals surface area contributed by atoms with Gasteiger partial charge in [-0.1, -0.05) is 12.2 Å². The van der Waals surface area contributed by atoms with Crippen molar-refractivity contribution in [3.8, 4) is 0 Å². The van der Waals surface area contributed by atoms with E-state index in [1.807, 2.05) is 6.92 Å². The van der Waals surface area contributed by atoms with E-state index in [1.54, 1.807) is 0 Å². The highest BCUT2D eigenvalue weighted by atomic mass is 32.2. The molecule has 1 fully saturated rings. The molecule has 0 saturated carbocycles. The summed E-state index contributed by atoms with van der Waals surface area (Å²) in [5.41, 5.74) is 4.79. The van der Waals surface area contributed by atoms with Crippen molar-refractivity contribution in [1.29, 1.82) is 0 Å². The molecule has 1 aliphatic rings. The molecule has 1 aliphatic heterocycles. The number of hydrogen-bond donors (Lipinski definition) is 2. The number of nitrogens with one attached hydrogen (secondary N) is 1. The van der Waals surface area contributed by atoms with Gasteiger partial charge in [-0.3, -0.25) is 0 Å². The molecule has 1 heterocycles. The van der Waals surface area contributed by atoms with Crippen molar-refractivity contribution in [3.05, 3.63) is 29.6 Å². The van der Waals surface area contributed by atoms with Gasteiger partial charge in [0.05, 0.1) is 10.5 Å². The van der Waals surface area contributed by atoms with Gasteiger partial charge in [-0.05, 0) is 38.0 Å². The molecule has 1 aromatic carbocycles. The van der Waals surface area contributed by atoms with E-state index in [0.29, 0.717) is 6.61 Å². The molecule has 1 atom stereocenters. The fraction of sp³-hybridized carbons (Fsp3) is 0.462. The van der Waals surface area contributed by atoms with E-state index < -0.39 is 21.4 Å². The quantitative estimate of drug-likeness (QED) is 0.795. The highest BCUT2D eigenvalue weighted by molar-refractivity contribution is 7.89. The highest BCUT2D eigenvalue weighted by Gasteiger charge is 2.31. The SMILES string of the molecule is CC1(CNS(=O)(=O)c2ccc(F)c(C(N)=S)c2)CCCO1. The van der Waals surface area contributed by atoms with Crippen molar-refractivity contribution in [2.45, 2.75) is 30.3 Å². The zero-order valence-electron chi connectivity index (χ0n) is 11.6. The standard InChI is InChI=1S/C13H17FN2O3S2/c1-13(5-2-6-19-13)8-16-21(17,18)9-3-4-11(14)10(7-9)12(15)20/h3-4,7,16H,2,5-6,8H2,1H3,(H2,15,20). The Morgan fingerprint density at radius 1 is 1.57 bits per heavy atom. The van der Waals surface area contributed by atoms with Crippen LogP contribution >= 0.6 is 12.2 Å². The summed E-state index contributed by atoms with van der Waals surface area (Å²) < 4.78 is 46.0. The fourth-order valence-electron chi connectivity index (χ4n) is 2.17. The predicted molar refractivity (Wildman–Crippen MR) is 81.1 cm³/mol. The third-order valence-electron chi connectivity index (χ3n) is 3.45. The molecule has 5 nitrogen and oxygen atoms in total. The largest absolute Gasteiger partial charge is 0.389 e. The molecule has 3 N–H and O–H groups in total. The summed E-state index contributed by atoms with van der Waals surface area (Å²) in [5, 5.41) is 0. The second-order valence-electron chi connectivity index (χ2n) is 5.23. The van der Waals surface area contributed by atoms with E-state index in [0.717, 1.165) is 25.0 Å². The number of thiocarbonyl (C=S) groups is 1. The van der Waals surface area contributed by atoms with Crippen molar-refractivity contribution in [1.82, 2.24) is 4.72 Å². The Morgan fingerprint density at radius 2 is 2.29 bits per heavy atom. The van der Waals surface area contributed by atoms with Crippen molar-refractivity contribution < 1.29 is 17.5 Å². The summed E-state index contributed by atoms with van der Waals surface area (Å²) in [5.74, 6) is -0.646. The molecule has 0 amide bonds. The number of rotatable bonds is 5. The summed E-state index contributed by atoms with van der Waals surface area (Å²) in [4.78, 5) is -0.260. The zero-order valence-corrected chi connectivity index (χ0v) is 13.2. The third-order valence-corrected chi connectivity index (χ3v) is 5.07. The van der Waals surface area contributed by atoms with Gasteiger partial charge < -0.3 is 10.5 Å². The summed E-state index contributed by atoms with van der Waals surface area (Å²) in [6.45, 7) is 2.64. The Balaban J connectivity index is 2.19. The first kappa shape index (κ1) is 16.3. The minimum Gasteiger partial charge on any atom is -0.389 e. The van der Waals surface area contributed by atoms with Crippen LogP contribution in [0.15, 0.2) is 23.1 Å². The van der Waals surface area contributed by atoms with Crippen LogP contribution in [0.4, 0.5) is 4.39 Å². The minimum atomic E-state index is -3.77. The van der Waals surface area contributed by atoms with Gasteiger partial charge in [0.1, 0.15) is 10.8 Å². The van der Waals surface area contributed by atoms with Gasteiger partial charge in [0, 0.05) is 18.7 Å². The lowest BCUT2D eigenvalue weighted by atomic mass is 10.0. The maximum atomic E-state index is 13.5. The first-order valence-electron chi connectivity index (χ1n) is 6.46. The molecule has 1 unspecified atom stereocenters. The number of nitrogens with two attached hydrogens (primary N) is 1. The zero-order chi connectivity index (χ0) is 15.7. The van der Waals surface area contributed by atoms with Gasteiger partial charge in [0.15, 0.2) is 0 Å². The lowest BCUT2D eigenvalue weighted by Gasteiger charge is -2.23. The van der Waals surface area contributed by atoms with E-state index in [-0.39, 0.29) is 22.0 Å². The van der Waals surface area contributed by atoms with Gasteiger partial charge in [-0.25, -0.2) is 17.5 Å². The summed E-state index contributed by atoms with van der Waals surface area (Å²) in [7, 11) is -3.77. The number of sulfonamides is 1. The molecule has 21 heavy (non-hydrogen) atoms. The number of benzene rings is 1. The maximum Gasteiger partial charge on any atom is 0.240 e. The summed E-state index contributed by atoms with van der Waals surface area (Å²) in [6, 6.07) is 3.35. The lowest BCUT2D eigenvalue weighted by Crippen LogP contribution is -2.40. The molecule has 1 aromatic rings. The third kappa shape index (κ3) is 3.76. The molecule has 8 heteroatoms. The van der Waals surface area contributed by atoms with Gasteiger partial charge in [-0.15, -0.1) is 0 Å². The first-order valence-corrected chi connectivity index (χ1v) is 8.36. The van der Waals surface area contributed by atoms with Crippen molar-refractivity contribution in [2.75, 3.05) is 13.2 Å². The Bertz CT molecular complexity index is 655. The van der Waals surface area contributed by atoms with E-state index in [9.17, 15) is 12.8 Å². The maximum absolute atomic E-state index is 13.5. The lowest BCUT2D eigenvalue weighted by molar-refractivity contribution is 0.0250. The monoisotopic (exact) mass is 332 g/mol. The topological polar surface area (TPSA) is 81.4 Å². The van der Waals surface area contributed by atoms with E-state index in [1.165, 1.54) is 6.07 Å². The number of halogens is 1. The van der Waals surface area contributed by atoms with Crippen LogP contribution in [0.5, 0.6) is 0 Å². The average Bonchev–Trinajstić information content (AvgIpc) is 2.84. The van der Waals surface area contributed by atoms with Crippen LogP contribution in [0.25, 0.3) is 0 Å². The first-order chi connectivity index (χ1) is 9.73. The molecular formula is C13H17FN2O3S2. The molecule has 2 rings (SSSR count). The van der Waals surface area contributed by atoms with Crippen molar-refractivity contribution in [2.24, 2.45) is 5.73 Å². The van der Waals surface area contributed by atoms with Crippen LogP contribution in [0.1, 0.15) is 25.3 Å². The average molecular weight is 332 g/mol. The fourth-order valence-corrected chi connectivity index (χ4v) is 3.51. The van der Waals surface area contributed by atoms with Gasteiger partial charge >= 0.3 is 0 Å². The molecule has 0 aromatic heterocycles.